The Kier molecular flexibility index (Phi) is 4.15. The maximum atomic E-state index is 12.7. The summed E-state index contributed by atoms with van der Waals surface area (Å²) in [6.07, 6.45) is 13.6. The van der Waals surface area contributed by atoms with E-state index in [4.69, 9.17) is 0 Å². The average Bonchev–Trinajstić information content (AvgIpc) is 3.23. The highest BCUT2D eigenvalue weighted by Gasteiger charge is 2.57. The Morgan fingerprint density at radius 1 is 1.19 bits per heavy atom. The molecule has 7 heteroatoms. The number of rotatable bonds is 6. The van der Waals surface area contributed by atoms with Gasteiger partial charge >= 0.3 is 0 Å². The van der Waals surface area contributed by atoms with E-state index in [0.717, 1.165) is 31.1 Å². The van der Waals surface area contributed by atoms with E-state index >= 15 is 0 Å². The molecular weight excluding hydrogens is 408 g/mol. The van der Waals surface area contributed by atoms with Crippen molar-refractivity contribution in [2.75, 3.05) is 5.32 Å². The van der Waals surface area contributed by atoms with Crippen molar-refractivity contribution in [1.82, 2.24) is 15.1 Å². The Morgan fingerprint density at radius 3 is 2.59 bits per heavy atom. The minimum Gasteiger partial charge on any atom is -0.352 e. The Hall–Kier alpha value is -1.37. The van der Waals surface area contributed by atoms with E-state index in [2.05, 4.69) is 31.7 Å². The maximum Gasteiger partial charge on any atom is 0.241 e. The van der Waals surface area contributed by atoms with Gasteiger partial charge in [-0.15, -0.1) is 0 Å². The molecule has 5 aliphatic rings. The number of anilines is 1. The average molecular weight is 435 g/mol. The molecule has 0 spiro atoms. The van der Waals surface area contributed by atoms with Crippen LogP contribution in [0.5, 0.6) is 0 Å². The summed E-state index contributed by atoms with van der Waals surface area (Å²) in [4.78, 5) is 24.6. The lowest BCUT2D eigenvalue weighted by atomic mass is 9.48. The van der Waals surface area contributed by atoms with E-state index in [1.54, 1.807) is 17.1 Å². The summed E-state index contributed by atoms with van der Waals surface area (Å²) in [5.41, 5.74) is 0.843. The van der Waals surface area contributed by atoms with Crippen LogP contribution in [-0.2, 0) is 16.1 Å². The normalized spacial score (nSPS) is 36.6. The van der Waals surface area contributed by atoms with E-state index in [0.29, 0.717) is 18.2 Å². The van der Waals surface area contributed by atoms with Gasteiger partial charge in [-0.3, -0.25) is 14.3 Å². The van der Waals surface area contributed by atoms with Gasteiger partial charge in [0.2, 0.25) is 11.8 Å². The molecule has 27 heavy (non-hydrogen) atoms. The van der Waals surface area contributed by atoms with Crippen molar-refractivity contribution < 1.29 is 9.59 Å². The first-order chi connectivity index (χ1) is 12.9. The van der Waals surface area contributed by atoms with Crippen LogP contribution in [0.25, 0.3) is 0 Å². The predicted octanol–water partition coefficient (Wildman–Crippen LogP) is 3.22. The summed E-state index contributed by atoms with van der Waals surface area (Å²) in [7, 11) is 0. The van der Waals surface area contributed by atoms with Crippen molar-refractivity contribution in [1.29, 1.82) is 0 Å². The Morgan fingerprint density at radius 2 is 1.93 bits per heavy atom. The van der Waals surface area contributed by atoms with E-state index in [-0.39, 0.29) is 28.1 Å². The van der Waals surface area contributed by atoms with E-state index in [1.807, 2.05) is 0 Å². The largest absolute Gasteiger partial charge is 0.352 e. The molecule has 6 nitrogen and oxygen atoms in total. The van der Waals surface area contributed by atoms with Crippen LogP contribution in [0.2, 0.25) is 0 Å². The second-order valence-corrected chi connectivity index (χ2v) is 11.3. The van der Waals surface area contributed by atoms with E-state index in [1.165, 1.54) is 32.1 Å². The molecule has 146 valence electrons. The van der Waals surface area contributed by atoms with Crippen LogP contribution in [-0.4, -0.2) is 32.0 Å². The zero-order chi connectivity index (χ0) is 18.6. The number of nitrogens with one attached hydrogen (secondary N) is 2. The molecular formula is C20H27BrN4O2. The predicted molar refractivity (Wildman–Crippen MR) is 105 cm³/mol. The number of nitrogens with zero attached hydrogens (tertiary/aromatic N) is 2. The quantitative estimate of drug-likeness (QED) is 0.674. The third-order valence-corrected chi connectivity index (χ3v) is 7.74. The fourth-order valence-corrected chi connectivity index (χ4v) is 7.76. The third kappa shape index (κ3) is 3.80. The van der Waals surface area contributed by atoms with Crippen LogP contribution in [0.4, 0.5) is 5.69 Å². The number of carbonyl (C=O) groups is 2. The topological polar surface area (TPSA) is 76.0 Å². The highest BCUT2D eigenvalue weighted by atomic mass is 79.9. The molecule has 1 aromatic rings. The van der Waals surface area contributed by atoms with Gasteiger partial charge < -0.3 is 10.6 Å². The van der Waals surface area contributed by atoms with Crippen molar-refractivity contribution in [3.05, 3.63) is 12.4 Å². The second-order valence-electron chi connectivity index (χ2n) is 9.61. The fraction of sp³-hybridized carbons (Fsp3) is 0.750. The van der Waals surface area contributed by atoms with E-state index < -0.39 is 0 Å². The molecule has 5 aliphatic carbocycles. The third-order valence-electron chi connectivity index (χ3n) is 6.81. The van der Waals surface area contributed by atoms with Crippen LogP contribution in [0.3, 0.4) is 0 Å². The lowest BCUT2D eigenvalue weighted by molar-refractivity contribution is -0.123. The summed E-state index contributed by atoms with van der Waals surface area (Å²) in [6.45, 7) is 0.200. The van der Waals surface area contributed by atoms with Gasteiger partial charge in [-0.25, -0.2) is 0 Å². The number of hydrogen-bond donors (Lipinski definition) is 2. The van der Waals surface area contributed by atoms with Crippen LogP contribution in [0, 0.1) is 17.3 Å². The van der Waals surface area contributed by atoms with Crippen LogP contribution < -0.4 is 10.6 Å². The molecule has 0 aromatic carbocycles. The Bertz CT molecular complexity index is 758. The molecule has 0 saturated heterocycles. The van der Waals surface area contributed by atoms with Gasteiger partial charge in [0.15, 0.2) is 0 Å². The first-order valence-electron chi connectivity index (χ1n) is 10.2. The molecule has 5 fully saturated rings. The Balaban J connectivity index is 1.18. The van der Waals surface area contributed by atoms with E-state index in [9.17, 15) is 9.59 Å². The zero-order valence-corrected chi connectivity index (χ0v) is 17.1. The van der Waals surface area contributed by atoms with Crippen LogP contribution in [0.15, 0.2) is 12.4 Å². The minimum atomic E-state index is -0.0188. The fourth-order valence-electron chi connectivity index (χ4n) is 6.25. The molecule has 0 radical (unpaired) electrons. The summed E-state index contributed by atoms with van der Waals surface area (Å²) < 4.78 is 1.86. The van der Waals surface area contributed by atoms with Gasteiger partial charge in [-0.2, -0.15) is 5.10 Å². The molecule has 2 atom stereocenters. The summed E-state index contributed by atoms with van der Waals surface area (Å²) in [6, 6.07) is 0.352. The second kappa shape index (κ2) is 6.33. The van der Waals surface area contributed by atoms with Crippen LogP contribution in [0.1, 0.15) is 57.8 Å². The number of alkyl halides is 1. The van der Waals surface area contributed by atoms with Gasteiger partial charge in [0, 0.05) is 23.0 Å². The zero-order valence-electron chi connectivity index (χ0n) is 15.5. The number of carbonyl (C=O) groups excluding carboxylic acids is 2. The first kappa shape index (κ1) is 17.7. The van der Waals surface area contributed by atoms with Gasteiger partial charge in [0.05, 0.1) is 11.9 Å². The van der Waals surface area contributed by atoms with Gasteiger partial charge in [0.1, 0.15) is 6.54 Å². The van der Waals surface area contributed by atoms with Gasteiger partial charge in [-0.1, -0.05) is 15.9 Å². The van der Waals surface area contributed by atoms with Crippen molar-refractivity contribution in [2.24, 2.45) is 17.3 Å². The summed E-state index contributed by atoms with van der Waals surface area (Å²) >= 11 is 4.01. The molecule has 4 bridgehead atoms. The maximum absolute atomic E-state index is 12.7. The number of hydrogen-bond acceptors (Lipinski definition) is 3. The monoisotopic (exact) mass is 434 g/mol. The molecule has 1 aromatic heterocycles. The standard InChI is InChI=1S/C20H27BrN4O2/c21-20-6-13-3-14(7-20)5-19(4-13,12-20)8-17(26)24-16-9-22-25(10-16)11-18(27)23-15-1-2-15/h9-10,13-15H,1-8,11-12H2,(H,23,27)(H,24,26)/t13-,14-,19?,20?/m1/s1. The lowest BCUT2D eigenvalue weighted by Crippen LogP contribution is -2.53. The van der Waals surface area contributed by atoms with Crippen molar-refractivity contribution in [2.45, 2.75) is 74.7 Å². The highest BCUT2D eigenvalue weighted by molar-refractivity contribution is 9.10. The molecule has 5 saturated carbocycles. The molecule has 2 N–H and O–H groups in total. The van der Waals surface area contributed by atoms with Gasteiger partial charge in [0.25, 0.3) is 0 Å². The number of amides is 2. The van der Waals surface area contributed by atoms with Crippen LogP contribution >= 0.6 is 15.9 Å². The van der Waals surface area contributed by atoms with Gasteiger partial charge in [-0.05, 0) is 68.6 Å². The number of aromatic nitrogens is 2. The molecule has 1 heterocycles. The Labute approximate surface area is 168 Å². The summed E-state index contributed by atoms with van der Waals surface area (Å²) in [5, 5.41) is 10.2. The molecule has 2 amide bonds. The highest BCUT2D eigenvalue weighted by Crippen LogP contribution is 2.65. The van der Waals surface area contributed by atoms with Crippen molar-refractivity contribution in [3.8, 4) is 0 Å². The minimum absolute atomic E-state index is 0.0188. The first-order valence-corrected chi connectivity index (χ1v) is 11.0. The van der Waals surface area contributed by atoms with Crippen molar-refractivity contribution in [3.63, 3.8) is 0 Å². The molecule has 6 rings (SSSR count). The SMILES string of the molecule is O=C(CC12C[C@H]3C[C@@H](CC(Br)(C3)C1)C2)Nc1cnn(CC(=O)NC2CC2)c1. The smallest absolute Gasteiger partial charge is 0.241 e. The van der Waals surface area contributed by atoms with Crippen molar-refractivity contribution >= 4 is 33.4 Å². The summed E-state index contributed by atoms with van der Waals surface area (Å²) in [5.74, 6) is 1.63. The lowest BCUT2D eigenvalue weighted by Gasteiger charge is -2.60. The molecule has 0 unspecified atom stereocenters. The molecule has 0 aliphatic heterocycles. The number of halogens is 1.